The summed E-state index contributed by atoms with van der Waals surface area (Å²) < 4.78 is 31.1. The summed E-state index contributed by atoms with van der Waals surface area (Å²) in [4.78, 5) is 38.3. The predicted molar refractivity (Wildman–Crippen MR) is 212 cm³/mol. The first kappa shape index (κ1) is 35.7. The van der Waals surface area contributed by atoms with Gasteiger partial charge in [-0.2, -0.15) is 15.1 Å². The average Bonchev–Trinajstić information content (AvgIpc) is 3.87. The number of nitrogens with one attached hydrogen (secondary N) is 2. The van der Waals surface area contributed by atoms with Gasteiger partial charge in [0, 0.05) is 50.0 Å². The summed E-state index contributed by atoms with van der Waals surface area (Å²) in [5.41, 5.74) is 4.80. The van der Waals surface area contributed by atoms with Gasteiger partial charge in [0.15, 0.2) is 0 Å². The zero-order chi connectivity index (χ0) is 38.9. The smallest absolute Gasteiger partial charge is 0.284 e. The minimum atomic E-state index is -0.600. The fourth-order valence-electron chi connectivity index (χ4n) is 6.47. The second-order valence-electron chi connectivity index (χ2n) is 13.5. The van der Waals surface area contributed by atoms with E-state index in [1.165, 1.54) is 39.8 Å². The maximum atomic E-state index is 13.5. The molecule has 8 aromatic rings. The number of aryl methyl sites for hydroxylation is 2. The van der Waals surface area contributed by atoms with Crippen LogP contribution < -0.4 is 20.9 Å². The zero-order valence-corrected chi connectivity index (χ0v) is 30.9. The molecule has 0 unspecified atom stereocenters. The Bertz CT molecular complexity index is 2750. The normalized spacial score (nSPS) is 11.3. The molecule has 280 valence electrons. The van der Waals surface area contributed by atoms with E-state index in [4.69, 9.17) is 19.1 Å². The molecule has 4 aromatic carbocycles. The van der Waals surface area contributed by atoms with E-state index in [0.29, 0.717) is 34.0 Å². The molecule has 0 aliphatic heterocycles. The summed E-state index contributed by atoms with van der Waals surface area (Å²) in [6.45, 7) is 0.731. The fraction of sp³-hybridized carbons (Fsp3) is 0.119. The third kappa shape index (κ3) is 7.28. The molecule has 0 atom stereocenters. The number of rotatable bonds is 11. The predicted octanol–water partition coefficient (Wildman–Crippen LogP) is 7.77. The zero-order valence-electron chi connectivity index (χ0n) is 30.9. The lowest BCUT2D eigenvalue weighted by Crippen LogP contribution is -2.25. The highest BCUT2D eigenvalue weighted by Crippen LogP contribution is 2.45. The molecule has 2 N–H and O–H groups in total. The number of anilines is 3. The molecule has 14 heteroatoms. The Morgan fingerprint density at radius 2 is 1.64 bits per heavy atom. The SMILES string of the molecule is CN(C)Cc1cccc(-c2c(-c3cnn(C)c3)oc3nc(Nc4ccccc4)nc(Oc4ccc(NC(=O)c5cn(C)n(-c6ccc(F)cc6)c5=O)cc4)c23)c1. The Kier molecular flexibility index (Phi) is 9.46. The maximum Gasteiger partial charge on any atom is 0.284 e. The molecule has 4 aromatic heterocycles. The van der Waals surface area contributed by atoms with Gasteiger partial charge in [-0.15, -0.1) is 0 Å². The standard InChI is InChI=1S/C42H36FN9O4/c1-49(2)23-26-9-8-10-27(21-26)35-36-39(47-42(46-30-11-6-5-7-12-30)48-40(36)56-37(35)28-22-44-50(3)24-28)55-33-19-15-31(16-20-33)45-38(53)34-25-51(4)52(41(34)54)32-17-13-29(43)14-18-32/h5-22,24-25H,23H2,1-4H3,(H,45,53)(H,46,47,48). The third-order valence-corrected chi connectivity index (χ3v) is 8.93. The van der Waals surface area contributed by atoms with Gasteiger partial charge in [-0.1, -0.05) is 36.4 Å². The first-order valence-electron chi connectivity index (χ1n) is 17.6. The van der Waals surface area contributed by atoms with Crippen molar-refractivity contribution in [2.24, 2.45) is 14.1 Å². The Labute approximate surface area is 320 Å². The average molecular weight is 750 g/mol. The summed E-state index contributed by atoms with van der Waals surface area (Å²) >= 11 is 0. The highest BCUT2D eigenvalue weighted by atomic mass is 19.1. The molecule has 56 heavy (non-hydrogen) atoms. The van der Waals surface area contributed by atoms with Crippen molar-refractivity contribution in [2.45, 2.75) is 6.54 Å². The van der Waals surface area contributed by atoms with E-state index < -0.39 is 17.3 Å². The van der Waals surface area contributed by atoms with Crippen molar-refractivity contribution in [1.82, 2.24) is 34.0 Å². The van der Waals surface area contributed by atoms with Crippen LogP contribution in [0.2, 0.25) is 0 Å². The van der Waals surface area contributed by atoms with Crippen LogP contribution in [0.5, 0.6) is 11.6 Å². The van der Waals surface area contributed by atoms with E-state index in [-0.39, 0.29) is 17.4 Å². The number of aromatic nitrogens is 6. The number of amides is 1. The molecule has 0 radical (unpaired) electrons. The Hall–Kier alpha value is -7.32. The number of fused-ring (bicyclic) bond motifs is 1. The van der Waals surface area contributed by atoms with Gasteiger partial charge in [-0.3, -0.25) is 19.0 Å². The highest BCUT2D eigenvalue weighted by molar-refractivity contribution is 6.04. The molecule has 0 aliphatic rings. The number of furan rings is 1. The van der Waals surface area contributed by atoms with Crippen molar-refractivity contribution in [3.8, 4) is 39.8 Å². The second-order valence-corrected chi connectivity index (χ2v) is 13.5. The van der Waals surface area contributed by atoms with Crippen molar-refractivity contribution in [2.75, 3.05) is 24.7 Å². The number of nitrogens with zero attached hydrogens (tertiary/aromatic N) is 7. The van der Waals surface area contributed by atoms with Crippen LogP contribution in [0.15, 0.2) is 131 Å². The van der Waals surface area contributed by atoms with Crippen molar-refractivity contribution < 1.29 is 18.3 Å². The van der Waals surface area contributed by atoms with Crippen LogP contribution in [0.4, 0.5) is 21.7 Å². The van der Waals surface area contributed by atoms with E-state index in [9.17, 15) is 14.0 Å². The van der Waals surface area contributed by atoms with Gasteiger partial charge in [-0.25, -0.2) is 9.07 Å². The largest absolute Gasteiger partial charge is 0.438 e. The highest BCUT2D eigenvalue weighted by Gasteiger charge is 2.26. The van der Waals surface area contributed by atoms with Crippen molar-refractivity contribution in [3.05, 3.63) is 149 Å². The quantitative estimate of drug-likeness (QED) is 0.136. The summed E-state index contributed by atoms with van der Waals surface area (Å²) in [6.07, 6.45) is 5.05. The molecule has 0 aliphatic carbocycles. The van der Waals surface area contributed by atoms with Gasteiger partial charge in [0.25, 0.3) is 11.5 Å². The molecular weight excluding hydrogens is 714 g/mol. The number of carbonyl (C=O) groups excluding carboxylic acids is 1. The maximum absolute atomic E-state index is 13.5. The minimum Gasteiger partial charge on any atom is -0.438 e. The van der Waals surface area contributed by atoms with Crippen LogP contribution in [0.25, 0.3) is 39.2 Å². The molecule has 0 saturated carbocycles. The fourth-order valence-corrected chi connectivity index (χ4v) is 6.47. The van der Waals surface area contributed by atoms with Crippen LogP contribution in [0.3, 0.4) is 0 Å². The molecule has 13 nitrogen and oxygen atoms in total. The molecular formula is C42H36FN9O4. The van der Waals surface area contributed by atoms with Crippen molar-refractivity contribution in [3.63, 3.8) is 0 Å². The Balaban J connectivity index is 1.16. The molecule has 8 rings (SSSR count). The topological polar surface area (TPSA) is 137 Å². The van der Waals surface area contributed by atoms with Gasteiger partial charge in [0.05, 0.1) is 17.4 Å². The van der Waals surface area contributed by atoms with Gasteiger partial charge < -0.3 is 24.7 Å². The van der Waals surface area contributed by atoms with Crippen LogP contribution in [-0.2, 0) is 20.6 Å². The number of hydrogen-bond acceptors (Lipinski definition) is 9. The van der Waals surface area contributed by atoms with Gasteiger partial charge in [0.2, 0.25) is 17.5 Å². The summed E-state index contributed by atoms with van der Waals surface area (Å²) in [5.74, 6) is 0.447. The first-order valence-corrected chi connectivity index (χ1v) is 17.6. The third-order valence-electron chi connectivity index (χ3n) is 8.93. The lowest BCUT2D eigenvalue weighted by molar-refractivity contribution is 0.102. The molecule has 0 fully saturated rings. The number of halogens is 1. The van der Waals surface area contributed by atoms with Crippen LogP contribution in [0, 0.1) is 5.82 Å². The van der Waals surface area contributed by atoms with E-state index in [1.807, 2.05) is 69.8 Å². The van der Waals surface area contributed by atoms with Gasteiger partial charge in [-0.05, 0) is 92.0 Å². The van der Waals surface area contributed by atoms with Crippen molar-refractivity contribution >= 4 is 34.3 Å². The summed E-state index contributed by atoms with van der Waals surface area (Å²) in [7, 11) is 7.51. The lowest BCUT2D eigenvalue weighted by atomic mass is 9.99. The Morgan fingerprint density at radius 1 is 0.875 bits per heavy atom. The first-order chi connectivity index (χ1) is 27.1. The van der Waals surface area contributed by atoms with Gasteiger partial charge >= 0.3 is 0 Å². The van der Waals surface area contributed by atoms with E-state index in [2.05, 4.69) is 32.8 Å². The molecule has 1 amide bonds. The van der Waals surface area contributed by atoms with E-state index in [0.717, 1.165) is 34.5 Å². The number of benzene rings is 4. The minimum absolute atomic E-state index is 0.0782. The van der Waals surface area contributed by atoms with Crippen LogP contribution in [-0.4, -0.2) is 54.0 Å². The molecule has 0 spiro atoms. The number of hydrogen-bond donors (Lipinski definition) is 2. The number of para-hydroxylation sites is 1. The van der Waals surface area contributed by atoms with Crippen molar-refractivity contribution in [1.29, 1.82) is 0 Å². The summed E-state index contributed by atoms with van der Waals surface area (Å²) in [6, 6.07) is 29.9. The molecule has 0 bridgehead atoms. The Morgan fingerprint density at radius 3 is 2.36 bits per heavy atom. The van der Waals surface area contributed by atoms with Crippen LogP contribution in [0.1, 0.15) is 15.9 Å². The molecule has 0 saturated heterocycles. The van der Waals surface area contributed by atoms with E-state index >= 15 is 0 Å². The second kappa shape index (κ2) is 14.8. The number of carbonyl (C=O) groups is 1. The van der Waals surface area contributed by atoms with Gasteiger partial charge in [0.1, 0.15) is 28.3 Å². The lowest BCUT2D eigenvalue weighted by Gasteiger charge is -2.13. The molecule has 4 heterocycles. The van der Waals surface area contributed by atoms with Crippen LogP contribution >= 0.6 is 0 Å². The van der Waals surface area contributed by atoms with E-state index in [1.54, 1.807) is 42.2 Å². The monoisotopic (exact) mass is 749 g/mol. The summed E-state index contributed by atoms with van der Waals surface area (Å²) in [5, 5.41) is 11.0. The number of ether oxygens (including phenoxy) is 1.